The van der Waals surface area contributed by atoms with Gasteiger partial charge in [-0.15, -0.1) is 0 Å². The standard InChI is InChI=1S/C16H24ClN3/c1-4-20-15-9-8-13(17)10-14(15)19-16(20)11(2)6-5-7-12(3)18/h8-12H,4-7,18H2,1-3H3. The molecule has 1 aromatic heterocycles. The molecule has 2 aromatic rings. The Morgan fingerprint density at radius 2 is 2.05 bits per heavy atom. The average Bonchev–Trinajstić information content (AvgIpc) is 2.75. The first-order valence-corrected chi connectivity index (χ1v) is 7.82. The maximum absolute atomic E-state index is 6.06. The van der Waals surface area contributed by atoms with Gasteiger partial charge < -0.3 is 10.3 Å². The number of nitrogens with two attached hydrogens (primary N) is 1. The summed E-state index contributed by atoms with van der Waals surface area (Å²) in [4.78, 5) is 4.79. The predicted molar refractivity (Wildman–Crippen MR) is 86.3 cm³/mol. The van der Waals surface area contributed by atoms with E-state index in [2.05, 4.69) is 31.4 Å². The molecule has 0 amide bonds. The van der Waals surface area contributed by atoms with Crippen molar-refractivity contribution in [2.45, 2.75) is 58.5 Å². The van der Waals surface area contributed by atoms with E-state index in [1.165, 1.54) is 5.52 Å². The third-order valence-corrected chi connectivity index (χ3v) is 4.03. The second-order valence-corrected chi connectivity index (χ2v) is 6.09. The summed E-state index contributed by atoms with van der Waals surface area (Å²) in [6, 6.07) is 6.22. The van der Waals surface area contributed by atoms with Crippen LogP contribution in [0.2, 0.25) is 5.02 Å². The largest absolute Gasteiger partial charge is 0.328 e. The van der Waals surface area contributed by atoms with E-state index >= 15 is 0 Å². The number of aryl methyl sites for hydroxylation is 1. The van der Waals surface area contributed by atoms with E-state index in [0.717, 1.165) is 42.2 Å². The van der Waals surface area contributed by atoms with E-state index in [0.29, 0.717) is 5.92 Å². The fourth-order valence-corrected chi connectivity index (χ4v) is 2.87. The monoisotopic (exact) mass is 293 g/mol. The van der Waals surface area contributed by atoms with E-state index in [9.17, 15) is 0 Å². The highest BCUT2D eigenvalue weighted by Crippen LogP contribution is 2.27. The summed E-state index contributed by atoms with van der Waals surface area (Å²) in [6.07, 6.45) is 3.34. The van der Waals surface area contributed by atoms with E-state index in [-0.39, 0.29) is 6.04 Å². The molecule has 0 bridgehead atoms. The normalized spacial score (nSPS) is 14.7. The Balaban J connectivity index is 2.24. The molecule has 110 valence electrons. The second kappa shape index (κ2) is 6.59. The van der Waals surface area contributed by atoms with Gasteiger partial charge in [0.1, 0.15) is 5.82 Å². The van der Waals surface area contributed by atoms with Crippen molar-refractivity contribution in [3.05, 3.63) is 29.0 Å². The smallest absolute Gasteiger partial charge is 0.112 e. The third-order valence-electron chi connectivity index (χ3n) is 3.79. The molecule has 4 heteroatoms. The number of aromatic nitrogens is 2. The van der Waals surface area contributed by atoms with E-state index in [1.807, 2.05) is 12.1 Å². The van der Waals surface area contributed by atoms with Gasteiger partial charge in [-0.25, -0.2) is 4.98 Å². The SMILES string of the molecule is CCn1c(C(C)CCCC(C)N)nc2cc(Cl)ccc21. The number of halogens is 1. The molecule has 0 spiro atoms. The molecule has 2 rings (SSSR count). The van der Waals surface area contributed by atoms with Gasteiger partial charge in [-0.1, -0.05) is 24.9 Å². The lowest BCUT2D eigenvalue weighted by Gasteiger charge is -2.14. The Bertz CT molecular complexity index is 574. The van der Waals surface area contributed by atoms with Gasteiger partial charge in [-0.2, -0.15) is 0 Å². The third kappa shape index (κ3) is 3.33. The molecule has 1 aromatic carbocycles. The van der Waals surface area contributed by atoms with Crippen molar-refractivity contribution in [1.82, 2.24) is 9.55 Å². The van der Waals surface area contributed by atoms with Crippen LogP contribution in [0, 0.1) is 0 Å². The molecule has 0 aliphatic carbocycles. The number of rotatable bonds is 6. The Kier molecular flexibility index (Phi) is 5.06. The lowest BCUT2D eigenvalue weighted by Crippen LogP contribution is -2.14. The second-order valence-electron chi connectivity index (χ2n) is 5.66. The number of nitrogens with zero attached hydrogens (tertiary/aromatic N) is 2. The Morgan fingerprint density at radius 1 is 1.30 bits per heavy atom. The molecule has 0 saturated carbocycles. The fraction of sp³-hybridized carbons (Fsp3) is 0.562. The number of hydrogen-bond donors (Lipinski definition) is 1. The van der Waals surface area contributed by atoms with Gasteiger partial charge in [0.05, 0.1) is 11.0 Å². The van der Waals surface area contributed by atoms with Gasteiger partial charge in [0, 0.05) is 23.5 Å². The highest BCUT2D eigenvalue weighted by molar-refractivity contribution is 6.31. The molecule has 0 aliphatic rings. The zero-order valence-corrected chi connectivity index (χ0v) is 13.3. The first kappa shape index (κ1) is 15.3. The van der Waals surface area contributed by atoms with Crippen molar-refractivity contribution < 1.29 is 0 Å². The predicted octanol–water partition coefficient (Wildman–Crippen LogP) is 4.33. The molecular formula is C16H24ClN3. The molecule has 3 nitrogen and oxygen atoms in total. The zero-order valence-electron chi connectivity index (χ0n) is 12.6. The van der Waals surface area contributed by atoms with Crippen LogP contribution >= 0.6 is 11.6 Å². The minimum Gasteiger partial charge on any atom is -0.328 e. The van der Waals surface area contributed by atoms with Gasteiger partial charge >= 0.3 is 0 Å². The van der Waals surface area contributed by atoms with Crippen molar-refractivity contribution in [2.75, 3.05) is 0 Å². The fourth-order valence-electron chi connectivity index (χ4n) is 2.71. The topological polar surface area (TPSA) is 43.8 Å². The van der Waals surface area contributed by atoms with Crippen LogP contribution in [0.5, 0.6) is 0 Å². The highest BCUT2D eigenvalue weighted by Gasteiger charge is 2.16. The van der Waals surface area contributed by atoms with Crippen molar-refractivity contribution in [3.8, 4) is 0 Å². The zero-order chi connectivity index (χ0) is 14.7. The first-order chi connectivity index (χ1) is 9.52. The Labute approximate surface area is 126 Å². The lowest BCUT2D eigenvalue weighted by atomic mass is 10.0. The number of fused-ring (bicyclic) bond motifs is 1. The van der Waals surface area contributed by atoms with Crippen LogP contribution in [0.4, 0.5) is 0 Å². The average molecular weight is 294 g/mol. The van der Waals surface area contributed by atoms with Crippen molar-refractivity contribution in [2.24, 2.45) is 5.73 Å². The minimum atomic E-state index is 0.283. The number of hydrogen-bond acceptors (Lipinski definition) is 2. The maximum Gasteiger partial charge on any atom is 0.112 e. The summed E-state index contributed by atoms with van der Waals surface area (Å²) in [5, 5.41) is 0.745. The van der Waals surface area contributed by atoms with Crippen LogP contribution in [-0.4, -0.2) is 15.6 Å². The van der Waals surface area contributed by atoms with Gasteiger partial charge in [-0.05, 0) is 44.9 Å². The van der Waals surface area contributed by atoms with Crippen LogP contribution in [0.1, 0.15) is 51.8 Å². The summed E-state index contributed by atoms with van der Waals surface area (Å²) in [5.74, 6) is 1.61. The highest BCUT2D eigenvalue weighted by atomic mass is 35.5. The summed E-state index contributed by atoms with van der Waals surface area (Å²) in [5.41, 5.74) is 7.98. The Hall–Kier alpha value is -1.06. The van der Waals surface area contributed by atoms with Gasteiger partial charge in [0.25, 0.3) is 0 Å². The minimum absolute atomic E-state index is 0.283. The van der Waals surface area contributed by atoms with E-state index in [1.54, 1.807) is 0 Å². The molecule has 0 fully saturated rings. The lowest BCUT2D eigenvalue weighted by molar-refractivity contribution is 0.528. The summed E-state index contributed by atoms with van der Waals surface area (Å²) in [7, 11) is 0. The molecule has 0 aliphatic heterocycles. The van der Waals surface area contributed by atoms with Crippen LogP contribution in [0.15, 0.2) is 18.2 Å². The van der Waals surface area contributed by atoms with Crippen molar-refractivity contribution in [3.63, 3.8) is 0 Å². The van der Waals surface area contributed by atoms with Gasteiger partial charge in [0.15, 0.2) is 0 Å². The van der Waals surface area contributed by atoms with Gasteiger partial charge in [0.2, 0.25) is 0 Å². The number of benzene rings is 1. The summed E-state index contributed by atoms with van der Waals surface area (Å²) >= 11 is 6.06. The molecule has 0 radical (unpaired) electrons. The molecular weight excluding hydrogens is 270 g/mol. The van der Waals surface area contributed by atoms with E-state index in [4.69, 9.17) is 22.3 Å². The van der Waals surface area contributed by atoms with Gasteiger partial charge in [-0.3, -0.25) is 0 Å². The summed E-state index contributed by atoms with van der Waals surface area (Å²) in [6.45, 7) is 7.41. The Morgan fingerprint density at radius 3 is 2.70 bits per heavy atom. The maximum atomic E-state index is 6.06. The molecule has 20 heavy (non-hydrogen) atoms. The summed E-state index contributed by atoms with van der Waals surface area (Å²) < 4.78 is 2.29. The van der Waals surface area contributed by atoms with Crippen molar-refractivity contribution in [1.29, 1.82) is 0 Å². The van der Waals surface area contributed by atoms with E-state index < -0.39 is 0 Å². The molecule has 1 heterocycles. The first-order valence-electron chi connectivity index (χ1n) is 7.44. The quantitative estimate of drug-likeness (QED) is 0.861. The van der Waals surface area contributed by atoms with Crippen LogP contribution < -0.4 is 5.73 Å². The molecule has 2 unspecified atom stereocenters. The number of imidazole rings is 1. The molecule has 2 N–H and O–H groups in total. The molecule has 2 atom stereocenters. The van der Waals surface area contributed by atoms with Crippen LogP contribution in [0.25, 0.3) is 11.0 Å². The van der Waals surface area contributed by atoms with Crippen molar-refractivity contribution >= 4 is 22.6 Å². The van der Waals surface area contributed by atoms with Crippen LogP contribution in [-0.2, 0) is 6.54 Å². The van der Waals surface area contributed by atoms with Crippen LogP contribution in [0.3, 0.4) is 0 Å². The molecule has 0 saturated heterocycles.